The van der Waals surface area contributed by atoms with Crippen LogP contribution in [0.4, 0.5) is 0 Å². The second-order valence-corrected chi connectivity index (χ2v) is 7.51. The molecule has 0 spiro atoms. The van der Waals surface area contributed by atoms with Crippen molar-refractivity contribution in [2.24, 2.45) is 0 Å². The van der Waals surface area contributed by atoms with E-state index < -0.39 is 0 Å². The van der Waals surface area contributed by atoms with Crippen molar-refractivity contribution >= 4 is 23.5 Å². The average molecular weight is 286 g/mol. The summed E-state index contributed by atoms with van der Waals surface area (Å²) in [5, 5.41) is 0. The van der Waals surface area contributed by atoms with Crippen LogP contribution in [0.25, 0.3) is 0 Å². The molecule has 1 fully saturated rings. The maximum absolute atomic E-state index is 2.31. The Morgan fingerprint density at radius 1 is 0.842 bits per heavy atom. The van der Waals surface area contributed by atoms with Crippen LogP contribution in [0.2, 0.25) is 0 Å². The number of hydrogen-bond donors (Lipinski definition) is 0. The molecule has 1 aliphatic rings. The topological polar surface area (TPSA) is 0 Å². The molecule has 0 atom stereocenters. The van der Waals surface area contributed by atoms with Crippen LogP contribution in [-0.4, -0.2) is 11.5 Å². The van der Waals surface area contributed by atoms with Crippen LogP contribution < -0.4 is 0 Å². The second-order valence-electron chi connectivity index (χ2n) is 4.79. The molecule has 1 saturated heterocycles. The van der Waals surface area contributed by atoms with Crippen molar-refractivity contribution in [3.63, 3.8) is 0 Å². The van der Waals surface area contributed by atoms with Gasteiger partial charge in [-0.1, -0.05) is 54.6 Å². The predicted molar refractivity (Wildman–Crippen MR) is 88.0 cm³/mol. The van der Waals surface area contributed by atoms with E-state index in [4.69, 9.17) is 0 Å². The van der Waals surface area contributed by atoms with Crippen LogP contribution in [0.3, 0.4) is 0 Å². The quantitative estimate of drug-likeness (QED) is 0.765. The molecule has 0 radical (unpaired) electrons. The van der Waals surface area contributed by atoms with Gasteiger partial charge in [0.25, 0.3) is 0 Å². The Bertz CT molecular complexity index is 516. The van der Waals surface area contributed by atoms with Crippen molar-refractivity contribution in [1.29, 1.82) is 0 Å². The monoisotopic (exact) mass is 286 g/mol. The molecule has 3 rings (SSSR count). The third-order valence-electron chi connectivity index (χ3n) is 3.37. The van der Waals surface area contributed by atoms with Gasteiger partial charge in [0.1, 0.15) is 0 Å². The summed E-state index contributed by atoms with van der Waals surface area (Å²) in [7, 11) is 0. The molecule has 98 valence electrons. The molecule has 0 saturated carbocycles. The minimum atomic E-state index is 0.633. The Kier molecular flexibility index (Phi) is 4.52. The highest BCUT2D eigenvalue weighted by molar-refractivity contribution is 8.16. The van der Waals surface area contributed by atoms with Crippen LogP contribution in [-0.2, 0) is 6.42 Å². The summed E-state index contributed by atoms with van der Waals surface area (Å²) in [4.78, 5) is 0. The van der Waals surface area contributed by atoms with Gasteiger partial charge in [-0.15, -0.1) is 23.5 Å². The zero-order valence-corrected chi connectivity index (χ0v) is 12.6. The van der Waals surface area contributed by atoms with E-state index >= 15 is 0 Å². The highest BCUT2D eigenvalue weighted by Crippen LogP contribution is 2.44. The fraction of sp³-hybridized carbons (Fsp3) is 0.294. The normalized spacial score (nSPS) is 16.4. The predicted octanol–water partition coefficient (Wildman–Crippen LogP) is 5.15. The zero-order valence-electron chi connectivity index (χ0n) is 10.9. The van der Waals surface area contributed by atoms with Crippen molar-refractivity contribution in [1.82, 2.24) is 0 Å². The van der Waals surface area contributed by atoms with Crippen molar-refractivity contribution in [2.45, 2.75) is 17.4 Å². The van der Waals surface area contributed by atoms with Gasteiger partial charge in [0.05, 0.1) is 4.58 Å². The third-order valence-corrected chi connectivity index (χ3v) is 6.35. The van der Waals surface area contributed by atoms with Gasteiger partial charge in [-0.25, -0.2) is 0 Å². The first-order valence-corrected chi connectivity index (χ1v) is 8.88. The van der Waals surface area contributed by atoms with Gasteiger partial charge in [-0.05, 0) is 41.0 Å². The Hall–Kier alpha value is -0.860. The lowest BCUT2D eigenvalue weighted by Crippen LogP contribution is -2.03. The highest BCUT2D eigenvalue weighted by Gasteiger charge is 2.19. The number of benzene rings is 2. The van der Waals surface area contributed by atoms with E-state index in [1.807, 2.05) is 0 Å². The molecule has 2 aromatic carbocycles. The van der Waals surface area contributed by atoms with Gasteiger partial charge >= 0.3 is 0 Å². The largest absolute Gasteiger partial charge is 0.143 e. The van der Waals surface area contributed by atoms with Crippen LogP contribution in [0.5, 0.6) is 0 Å². The second kappa shape index (κ2) is 6.53. The average Bonchev–Trinajstić information content (AvgIpc) is 2.50. The first-order valence-electron chi connectivity index (χ1n) is 6.78. The Labute approximate surface area is 124 Å². The van der Waals surface area contributed by atoms with Crippen molar-refractivity contribution in [3.05, 3.63) is 71.3 Å². The molecule has 19 heavy (non-hydrogen) atoms. The standard InChI is InChI=1S/C17H18S2/c1-2-7-14(8-3-1)13-15-9-4-5-10-16(15)17-18-11-6-12-19-17/h1-5,7-10,17H,6,11-13H2. The van der Waals surface area contributed by atoms with E-state index in [-0.39, 0.29) is 0 Å². The van der Waals surface area contributed by atoms with Crippen LogP contribution in [0.1, 0.15) is 27.7 Å². The molecule has 0 unspecified atom stereocenters. The maximum Gasteiger partial charge on any atom is 0.0754 e. The van der Waals surface area contributed by atoms with Crippen LogP contribution in [0.15, 0.2) is 54.6 Å². The summed E-state index contributed by atoms with van der Waals surface area (Å²) < 4.78 is 0.633. The molecule has 0 bridgehead atoms. The number of hydrogen-bond acceptors (Lipinski definition) is 2. The molecular weight excluding hydrogens is 268 g/mol. The summed E-state index contributed by atoms with van der Waals surface area (Å²) in [6.07, 6.45) is 2.40. The molecule has 0 amide bonds. The smallest absolute Gasteiger partial charge is 0.0754 e. The molecule has 0 nitrogen and oxygen atoms in total. The molecule has 1 heterocycles. The lowest BCUT2D eigenvalue weighted by molar-refractivity contribution is 1.08. The van der Waals surface area contributed by atoms with Crippen LogP contribution >= 0.6 is 23.5 Å². The molecular formula is C17H18S2. The van der Waals surface area contributed by atoms with Gasteiger partial charge in [-0.3, -0.25) is 0 Å². The van der Waals surface area contributed by atoms with E-state index in [0.29, 0.717) is 4.58 Å². The fourth-order valence-electron chi connectivity index (χ4n) is 2.41. The van der Waals surface area contributed by atoms with Crippen molar-refractivity contribution in [2.75, 3.05) is 11.5 Å². The summed E-state index contributed by atoms with van der Waals surface area (Å²) in [5.41, 5.74) is 4.42. The summed E-state index contributed by atoms with van der Waals surface area (Å²) in [5.74, 6) is 2.61. The van der Waals surface area contributed by atoms with E-state index in [2.05, 4.69) is 78.1 Å². The lowest BCUT2D eigenvalue weighted by atomic mass is 10.0. The fourth-order valence-corrected chi connectivity index (χ4v) is 5.42. The van der Waals surface area contributed by atoms with Gasteiger partial charge in [0, 0.05) is 0 Å². The van der Waals surface area contributed by atoms with Gasteiger partial charge < -0.3 is 0 Å². The lowest BCUT2D eigenvalue weighted by Gasteiger charge is -2.23. The zero-order chi connectivity index (χ0) is 12.9. The van der Waals surface area contributed by atoms with E-state index in [0.717, 1.165) is 6.42 Å². The van der Waals surface area contributed by atoms with Gasteiger partial charge in [0.2, 0.25) is 0 Å². The first kappa shape index (κ1) is 13.1. The molecule has 2 heteroatoms. The summed E-state index contributed by atoms with van der Waals surface area (Å²) in [6.45, 7) is 0. The number of rotatable bonds is 3. The van der Waals surface area contributed by atoms with Crippen LogP contribution in [0, 0.1) is 0 Å². The molecule has 0 aromatic heterocycles. The Morgan fingerprint density at radius 3 is 2.32 bits per heavy atom. The maximum atomic E-state index is 2.31. The molecule has 0 N–H and O–H groups in total. The van der Waals surface area contributed by atoms with Crippen molar-refractivity contribution in [3.8, 4) is 0 Å². The molecule has 1 aliphatic heterocycles. The Balaban J connectivity index is 1.84. The Morgan fingerprint density at radius 2 is 1.53 bits per heavy atom. The summed E-state index contributed by atoms with van der Waals surface area (Å²) in [6, 6.07) is 19.7. The van der Waals surface area contributed by atoms with Gasteiger partial charge in [-0.2, -0.15) is 0 Å². The number of thioether (sulfide) groups is 2. The van der Waals surface area contributed by atoms with Crippen molar-refractivity contribution < 1.29 is 0 Å². The van der Waals surface area contributed by atoms with E-state index in [1.54, 1.807) is 0 Å². The minimum absolute atomic E-state index is 0.633. The molecule has 0 aliphatic carbocycles. The summed E-state index contributed by atoms with van der Waals surface area (Å²) >= 11 is 4.21. The third kappa shape index (κ3) is 3.37. The SMILES string of the molecule is c1ccc(Cc2ccccc2C2SCCCS2)cc1. The first-order chi connectivity index (χ1) is 9.43. The van der Waals surface area contributed by atoms with E-state index in [9.17, 15) is 0 Å². The molecule has 2 aromatic rings. The van der Waals surface area contributed by atoms with E-state index in [1.165, 1.54) is 34.6 Å². The van der Waals surface area contributed by atoms with Gasteiger partial charge in [0.15, 0.2) is 0 Å². The minimum Gasteiger partial charge on any atom is -0.143 e. The highest BCUT2D eigenvalue weighted by atomic mass is 32.2.